The van der Waals surface area contributed by atoms with E-state index in [0.29, 0.717) is 29.8 Å². The van der Waals surface area contributed by atoms with Crippen LogP contribution in [-0.2, 0) is 11.3 Å². The third-order valence-corrected chi connectivity index (χ3v) is 5.84. The van der Waals surface area contributed by atoms with E-state index in [0.717, 1.165) is 52.1 Å². The van der Waals surface area contributed by atoms with Gasteiger partial charge < -0.3 is 14.6 Å². The van der Waals surface area contributed by atoms with Crippen molar-refractivity contribution in [3.63, 3.8) is 0 Å². The second kappa shape index (κ2) is 10.1. The lowest BCUT2D eigenvalue weighted by Gasteiger charge is -2.26. The Morgan fingerprint density at radius 1 is 1.22 bits per heavy atom. The summed E-state index contributed by atoms with van der Waals surface area (Å²) in [6.45, 7) is 7.33. The van der Waals surface area contributed by atoms with E-state index in [2.05, 4.69) is 22.1 Å². The van der Waals surface area contributed by atoms with E-state index in [4.69, 9.17) is 10.1 Å². The number of nitrogens with one attached hydrogen (secondary N) is 2. The molecule has 1 saturated heterocycles. The second-order valence-electron chi connectivity index (χ2n) is 8.06. The molecular formula is C23H30N6O3. The first-order chi connectivity index (χ1) is 15.6. The summed E-state index contributed by atoms with van der Waals surface area (Å²) in [4.78, 5) is 33.0. The molecule has 0 atom stereocenters. The molecule has 170 valence electrons. The standard InChI is InChI=1S/C23H30N6O3/c1-2-3-10-29-20(24)17(22(30)25-8-6-9-27-12-14-32-15-13-27)16-18-21(29)26-19-7-4-5-11-28(19)23(18)31/h4-5,7,11,16,24H,2-3,6,8-10,12-15H2,1H3,(H,25,30). The van der Waals surface area contributed by atoms with Crippen LogP contribution < -0.4 is 16.4 Å². The van der Waals surface area contributed by atoms with Gasteiger partial charge in [0.1, 0.15) is 16.8 Å². The minimum absolute atomic E-state index is 0.0869. The van der Waals surface area contributed by atoms with Crippen LogP contribution in [0.25, 0.3) is 16.7 Å². The molecule has 0 aliphatic carbocycles. The number of rotatable bonds is 8. The van der Waals surface area contributed by atoms with Crippen molar-refractivity contribution in [2.24, 2.45) is 0 Å². The number of aromatic nitrogens is 3. The first-order valence-corrected chi connectivity index (χ1v) is 11.3. The van der Waals surface area contributed by atoms with Crippen LogP contribution in [0.2, 0.25) is 0 Å². The SMILES string of the molecule is CCCCn1c(=N)c(C(=O)NCCCN2CCOCC2)cc2c(=O)n3ccccc3nc21. The number of pyridine rings is 2. The maximum Gasteiger partial charge on any atom is 0.267 e. The molecule has 0 bridgehead atoms. The fourth-order valence-corrected chi connectivity index (χ4v) is 4.02. The van der Waals surface area contributed by atoms with Gasteiger partial charge >= 0.3 is 0 Å². The monoisotopic (exact) mass is 438 g/mol. The minimum atomic E-state index is -0.332. The van der Waals surface area contributed by atoms with Gasteiger partial charge in [-0.1, -0.05) is 19.4 Å². The smallest absolute Gasteiger partial charge is 0.267 e. The Kier molecular flexibility index (Phi) is 6.96. The lowest BCUT2D eigenvalue weighted by Crippen LogP contribution is -2.39. The van der Waals surface area contributed by atoms with Crippen molar-refractivity contribution in [1.82, 2.24) is 24.2 Å². The molecule has 0 spiro atoms. The van der Waals surface area contributed by atoms with Gasteiger partial charge in [0.15, 0.2) is 0 Å². The van der Waals surface area contributed by atoms with Gasteiger partial charge in [-0.05, 0) is 37.6 Å². The first kappa shape index (κ1) is 22.2. The van der Waals surface area contributed by atoms with E-state index in [1.165, 1.54) is 10.5 Å². The van der Waals surface area contributed by atoms with E-state index < -0.39 is 0 Å². The quantitative estimate of drug-likeness (QED) is 0.408. The Morgan fingerprint density at radius 2 is 2.03 bits per heavy atom. The molecule has 3 aromatic rings. The van der Waals surface area contributed by atoms with Crippen LogP contribution in [0.4, 0.5) is 0 Å². The van der Waals surface area contributed by atoms with Crippen LogP contribution in [0.1, 0.15) is 36.5 Å². The van der Waals surface area contributed by atoms with E-state index in [1.54, 1.807) is 22.9 Å². The van der Waals surface area contributed by atoms with Crippen molar-refractivity contribution in [1.29, 1.82) is 5.41 Å². The molecule has 1 aliphatic heterocycles. The summed E-state index contributed by atoms with van der Waals surface area (Å²) in [5.74, 6) is -0.332. The molecule has 0 aromatic carbocycles. The summed E-state index contributed by atoms with van der Waals surface area (Å²) in [6, 6.07) is 6.88. The van der Waals surface area contributed by atoms with Crippen molar-refractivity contribution in [2.75, 3.05) is 39.4 Å². The summed E-state index contributed by atoms with van der Waals surface area (Å²) in [6.07, 6.45) is 4.24. The number of nitrogens with zero attached hydrogens (tertiary/aromatic N) is 4. The lowest BCUT2D eigenvalue weighted by molar-refractivity contribution is 0.0374. The zero-order chi connectivity index (χ0) is 22.5. The van der Waals surface area contributed by atoms with E-state index >= 15 is 0 Å². The number of morpholine rings is 1. The Bertz CT molecular complexity index is 1230. The van der Waals surface area contributed by atoms with Gasteiger partial charge in [0.2, 0.25) is 0 Å². The molecule has 3 aromatic heterocycles. The Hall–Kier alpha value is -3.04. The highest BCUT2D eigenvalue weighted by Crippen LogP contribution is 2.11. The fourth-order valence-electron chi connectivity index (χ4n) is 4.02. The van der Waals surface area contributed by atoms with Crippen molar-refractivity contribution >= 4 is 22.6 Å². The molecule has 1 amide bonds. The maximum atomic E-state index is 13.1. The second-order valence-corrected chi connectivity index (χ2v) is 8.06. The van der Waals surface area contributed by atoms with Gasteiger partial charge in [0, 0.05) is 32.4 Å². The molecule has 2 N–H and O–H groups in total. The number of ether oxygens (including phenoxy) is 1. The van der Waals surface area contributed by atoms with Crippen molar-refractivity contribution < 1.29 is 9.53 Å². The molecule has 32 heavy (non-hydrogen) atoms. The largest absolute Gasteiger partial charge is 0.379 e. The number of fused-ring (bicyclic) bond motifs is 2. The minimum Gasteiger partial charge on any atom is -0.379 e. The van der Waals surface area contributed by atoms with Crippen LogP contribution >= 0.6 is 0 Å². The molecule has 9 heteroatoms. The summed E-state index contributed by atoms with van der Waals surface area (Å²) in [5, 5.41) is 12.0. The Morgan fingerprint density at radius 3 is 2.81 bits per heavy atom. The summed E-state index contributed by atoms with van der Waals surface area (Å²) >= 11 is 0. The number of hydrogen-bond acceptors (Lipinski definition) is 6. The molecule has 4 rings (SSSR count). The Labute approximate surface area is 186 Å². The topological polar surface area (TPSA) is 105 Å². The highest BCUT2D eigenvalue weighted by atomic mass is 16.5. The average Bonchev–Trinajstić information content (AvgIpc) is 2.82. The van der Waals surface area contributed by atoms with Crippen molar-refractivity contribution in [3.05, 3.63) is 51.9 Å². The van der Waals surface area contributed by atoms with Crippen molar-refractivity contribution in [3.8, 4) is 0 Å². The van der Waals surface area contributed by atoms with Crippen LogP contribution in [-0.4, -0.2) is 64.2 Å². The van der Waals surface area contributed by atoms with Crippen LogP contribution in [0, 0.1) is 5.41 Å². The fraction of sp³-hybridized carbons (Fsp3) is 0.478. The lowest BCUT2D eigenvalue weighted by atomic mass is 10.2. The van der Waals surface area contributed by atoms with Gasteiger partial charge in [0.25, 0.3) is 11.5 Å². The number of amides is 1. The third kappa shape index (κ3) is 4.58. The number of hydrogen-bond donors (Lipinski definition) is 2. The van der Waals surface area contributed by atoms with E-state index in [-0.39, 0.29) is 22.5 Å². The van der Waals surface area contributed by atoms with E-state index in [1.807, 2.05) is 6.07 Å². The predicted octanol–water partition coefficient (Wildman–Crippen LogP) is 1.38. The maximum absolute atomic E-state index is 13.1. The zero-order valence-electron chi connectivity index (χ0n) is 18.5. The van der Waals surface area contributed by atoms with Gasteiger partial charge in [0.05, 0.1) is 24.2 Å². The molecule has 0 unspecified atom stereocenters. The highest BCUT2D eigenvalue weighted by molar-refractivity contribution is 5.96. The number of unbranched alkanes of at least 4 members (excludes halogenated alkanes) is 1. The van der Waals surface area contributed by atoms with Gasteiger partial charge in [-0.3, -0.25) is 24.3 Å². The van der Waals surface area contributed by atoms with Gasteiger partial charge in [-0.25, -0.2) is 4.98 Å². The van der Waals surface area contributed by atoms with Crippen LogP contribution in [0.15, 0.2) is 35.3 Å². The first-order valence-electron chi connectivity index (χ1n) is 11.3. The molecule has 0 saturated carbocycles. The summed E-state index contributed by atoms with van der Waals surface area (Å²) in [7, 11) is 0. The zero-order valence-corrected chi connectivity index (χ0v) is 18.5. The average molecular weight is 439 g/mol. The summed E-state index contributed by atoms with van der Waals surface area (Å²) in [5.41, 5.74) is 1.02. The molecule has 1 fully saturated rings. The number of aryl methyl sites for hydroxylation is 1. The van der Waals surface area contributed by atoms with Gasteiger partial charge in [-0.2, -0.15) is 0 Å². The predicted molar refractivity (Wildman–Crippen MR) is 122 cm³/mol. The Balaban J connectivity index is 1.63. The summed E-state index contributed by atoms with van der Waals surface area (Å²) < 4.78 is 8.52. The number of carbonyl (C=O) groups is 1. The number of carbonyl (C=O) groups excluding carboxylic acids is 1. The third-order valence-electron chi connectivity index (χ3n) is 5.84. The molecule has 4 heterocycles. The van der Waals surface area contributed by atoms with Crippen molar-refractivity contribution in [2.45, 2.75) is 32.7 Å². The molecule has 0 radical (unpaired) electrons. The normalized spacial score (nSPS) is 14.8. The van der Waals surface area contributed by atoms with Crippen LogP contribution in [0.3, 0.4) is 0 Å². The highest BCUT2D eigenvalue weighted by Gasteiger charge is 2.17. The molecule has 1 aliphatic rings. The molecule has 9 nitrogen and oxygen atoms in total. The molecular weight excluding hydrogens is 408 g/mol. The van der Waals surface area contributed by atoms with Crippen LogP contribution in [0.5, 0.6) is 0 Å². The van der Waals surface area contributed by atoms with Gasteiger partial charge in [-0.15, -0.1) is 0 Å². The van der Waals surface area contributed by atoms with E-state index in [9.17, 15) is 9.59 Å².